The van der Waals surface area contributed by atoms with Crippen molar-refractivity contribution in [1.29, 1.82) is 0 Å². The fraction of sp³-hybridized carbons (Fsp3) is 0.571. The van der Waals surface area contributed by atoms with Crippen LogP contribution in [0.15, 0.2) is 18.2 Å². The van der Waals surface area contributed by atoms with Gasteiger partial charge in [-0.15, -0.1) is 0 Å². The molecule has 1 aliphatic rings. The maximum atomic E-state index is 14.0. The first kappa shape index (κ1) is 13.3. The summed E-state index contributed by atoms with van der Waals surface area (Å²) in [5, 5.41) is 3.20. The number of hydrogen-bond acceptors (Lipinski definition) is 3. The van der Waals surface area contributed by atoms with Crippen molar-refractivity contribution in [2.24, 2.45) is 5.92 Å². The van der Waals surface area contributed by atoms with E-state index in [9.17, 15) is 4.39 Å². The molecule has 2 rings (SSSR count). The van der Waals surface area contributed by atoms with Crippen molar-refractivity contribution < 1.29 is 9.13 Å². The molecule has 0 aliphatic carbocycles. The Labute approximate surface area is 108 Å². The van der Waals surface area contributed by atoms with Crippen molar-refractivity contribution in [3.8, 4) is 5.75 Å². The van der Waals surface area contributed by atoms with E-state index < -0.39 is 0 Å². The van der Waals surface area contributed by atoms with Crippen LogP contribution in [-0.4, -0.2) is 38.7 Å². The molecule has 1 saturated heterocycles. The average molecular weight is 252 g/mol. The van der Waals surface area contributed by atoms with Gasteiger partial charge >= 0.3 is 0 Å². The summed E-state index contributed by atoms with van der Waals surface area (Å²) >= 11 is 0. The second kappa shape index (κ2) is 6.16. The highest BCUT2D eigenvalue weighted by atomic mass is 19.1. The summed E-state index contributed by atoms with van der Waals surface area (Å²) in [6.07, 6.45) is 1.19. The van der Waals surface area contributed by atoms with E-state index in [1.54, 1.807) is 6.07 Å². The molecule has 0 radical (unpaired) electrons. The van der Waals surface area contributed by atoms with Crippen molar-refractivity contribution in [2.45, 2.75) is 13.0 Å². The first-order valence-corrected chi connectivity index (χ1v) is 6.43. The molecular weight excluding hydrogens is 231 g/mol. The van der Waals surface area contributed by atoms with Crippen LogP contribution < -0.4 is 10.1 Å². The van der Waals surface area contributed by atoms with Crippen LogP contribution in [-0.2, 0) is 6.54 Å². The van der Waals surface area contributed by atoms with Crippen LogP contribution >= 0.6 is 0 Å². The van der Waals surface area contributed by atoms with E-state index in [1.165, 1.54) is 13.5 Å². The number of halogens is 1. The summed E-state index contributed by atoms with van der Waals surface area (Å²) in [5.41, 5.74) is 0.722. The van der Waals surface area contributed by atoms with Crippen LogP contribution in [0.4, 0.5) is 4.39 Å². The van der Waals surface area contributed by atoms with Gasteiger partial charge in [-0.05, 0) is 38.5 Å². The fourth-order valence-corrected chi connectivity index (χ4v) is 2.59. The van der Waals surface area contributed by atoms with Crippen LogP contribution in [0.3, 0.4) is 0 Å². The first-order chi connectivity index (χ1) is 8.74. The fourth-order valence-electron chi connectivity index (χ4n) is 2.59. The van der Waals surface area contributed by atoms with Gasteiger partial charge in [-0.25, -0.2) is 4.39 Å². The summed E-state index contributed by atoms with van der Waals surface area (Å²) in [4.78, 5) is 2.31. The molecule has 1 heterocycles. The minimum absolute atomic E-state index is 0.225. The molecule has 1 aliphatic heterocycles. The van der Waals surface area contributed by atoms with Crippen LogP contribution in [0.25, 0.3) is 0 Å². The highest BCUT2D eigenvalue weighted by Gasteiger charge is 2.22. The minimum Gasteiger partial charge on any atom is -0.494 e. The zero-order valence-corrected chi connectivity index (χ0v) is 11.1. The predicted octanol–water partition coefficient (Wildman–Crippen LogP) is 1.88. The lowest BCUT2D eigenvalue weighted by Gasteiger charge is -2.17. The number of rotatable bonds is 5. The molecule has 1 aromatic carbocycles. The molecule has 0 saturated carbocycles. The molecule has 0 amide bonds. The topological polar surface area (TPSA) is 24.5 Å². The average Bonchev–Trinajstić information content (AvgIpc) is 2.80. The van der Waals surface area contributed by atoms with Crippen molar-refractivity contribution in [3.05, 3.63) is 29.6 Å². The molecule has 1 fully saturated rings. The SMILES string of the molecule is CNCC1CCN(Cc2cccc(OC)c2F)C1. The lowest BCUT2D eigenvalue weighted by atomic mass is 10.1. The number of benzene rings is 1. The lowest BCUT2D eigenvalue weighted by molar-refractivity contribution is 0.306. The number of likely N-dealkylation sites (tertiary alicyclic amines) is 1. The number of nitrogens with zero attached hydrogens (tertiary/aromatic N) is 1. The number of ether oxygens (including phenoxy) is 1. The predicted molar refractivity (Wildman–Crippen MR) is 70.3 cm³/mol. The van der Waals surface area contributed by atoms with Crippen molar-refractivity contribution in [3.63, 3.8) is 0 Å². The second-order valence-electron chi connectivity index (χ2n) is 4.88. The molecule has 1 aromatic rings. The van der Waals surface area contributed by atoms with Gasteiger partial charge in [-0.1, -0.05) is 12.1 Å². The van der Waals surface area contributed by atoms with Crippen LogP contribution in [0.1, 0.15) is 12.0 Å². The maximum Gasteiger partial charge on any atom is 0.169 e. The third kappa shape index (κ3) is 3.00. The number of nitrogens with one attached hydrogen (secondary N) is 1. The Kier molecular flexibility index (Phi) is 4.55. The highest BCUT2D eigenvalue weighted by Crippen LogP contribution is 2.23. The summed E-state index contributed by atoms with van der Waals surface area (Å²) in [6, 6.07) is 5.34. The Bertz CT molecular complexity index is 397. The molecule has 1 unspecified atom stereocenters. The van der Waals surface area contributed by atoms with Crippen LogP contribution in [0, 0.1) is 11.7 Å². The number of hydrogen-bond donors (Lipinski definition) is 1. The first-order valence-electron chi connectivity index (χ1n) is 6.43. The lowest BCUT2D eigenvalue weighted by Crippen LogP contribution is -2.24. The van der Waals surface area contributed by atoms with E-state index in [2.05, 4.69) is 10.2 Å². The summed E-state index contributed by atoms with van der Waals surface area (Å²) < 4.78 is 19.0. The van der Waals surface area contributed by atoms with Gasteiger partial charge in [-0.3, -0.25) is 4.90 Å². The maximum absolute atomic E-state index is 14.0. The van der Waals surface area contributed by atoms with Crippen molar-refractivity contribution >= 4 is 0 Å². The van der Waals surface area contributed by atoms with Crippen LogP contribution in [0.5, 0.6) is 5.75 Å². The Hall–Kier alpha value is -1.13. The van der Waals surface area contributed by atoms with E-state index in [0.29, 0.717) is 18.2 Å². The van der Waals surface area contributed by atoms with E-state index in [4.69, 9.17) is 4.74 Å². The van der Waals surface area contributed by atoms with E-state index in [1.807, 2.05) is 19.2 Å². The monoisotopic (exact) mass is 252 g/mol. The molecule has 0 bridgehead atoms. The zero-order chi connectivity index (χ0) is 13.0. The number of methoxy groups -OCH3 is 1. The Balaban J connectivity index is 1.98. The van der Waals surface area contributed by atoms with Gasteiger partial charge in [0.15, 0.2) is 11.6 Å². The normalized spacial score (nSPS) is 20.3. The van der Waals surface area contributed by atoms with Gasteiger partial charge in [0.05, 0.1) is 7.11 Å². The molecule has 3 nitrogen and oxygen atoms in total. The van der Waals surface area contributed by atoms with Gasteiger partial charge in [0.1, 0.15) is 0 Å². The largest absolute Gasteiger partial charge is 0.494 e. The van der Waals surface area contributed by atoms with Gasteiger partial charge in [0.2, 0.25) is 0 Å². The summed E-state index contributed by atoms with van der Waals surface area (Å²) in [6.45, 7) is 3.79. The van der Waals surface area contributed by atoms with Gasteiger partial charge in [-0.2, -0.15) is 0 Å². The molecule has 1 N–H and O–H groups in total. The standard InChI is InChI=1S/C14H21FN2O/c1-16-8-11-6-7-17(9-11)10-12-4-3-5-13(18-2)14(12)15/h3-5,11,16H,6-10H2,1-2H3. The third-order valence-electron chi connectivity index (χ3n) is 3.52. The zero-order valence-electron chi connectivity index (χ0n) is 11.1. The van der Waals surface area contributed by atoms with E-state index >= 15 is 0 Å². The molecule has 18 heavy (non-hydrogen) atoms. The van der Waals surface area contributed by atoms with Crippen LogP contribution in [0.2, 0.25) is 0 Å². The molecule has 1 atom stereocenters. The van der Waals surface area contributed by atoms with Gasteiger partial charge in [0.25, 0.3) is 0 Å². The van der Waals surface area contributed by atoms with Crippen molar-refractivity contribution in [2.75, 3.05) is 33.8 Å². The minimum atomic E-state index is -0.225. The molecule has 4 heteroatoms. The van der Waals surface area contributed by atoms with E-state index in [0.717, 1.165) is 25.2 Å². The molecular formula is C14H21FN2O. The van der Waals surface area contributed by atoms with Crippen molar-refractivity contribution in [1.82, 2.24) is 10.2 Å². The molecule has 0 spiro atoms. The highest BCUT2D eigenvalue weighted by molar-refractivity contribution is 5.31. The Morgan fingerprint density at radius 3 is 3.06 bits per heavy atom. The molecule has 0 aromatic heterocycles. The van der Waals surface area contributed by atoms with Gasteiger partial charge in [0, 0.05) is 18.7 Å². The summed E-state index contributed by atoms with van der Waals surface area (Å²) in [5.74, 6) is 0.791. The smallest absolute Gasteiger partial charge is 0.169 e. The summed E-state index contributed by atoms with van der Waals surface area (Å²) in [7, 11) is 3.48. The van der Waals surface area contributed by atoms with E-state index in [-0.39, 0.29) is 5.82 Å². The van der Waals surface area contributed by atoms with Gasteiger partial charge < -0.3 is 10.1 Å². The quantitative estimate of drug-likeness (QED) is 0.866. The third-order valence-corrected chi connectivity index (χ3v) is 3.52. The molecule has 100 valence electrons. The Morgan fingerprint density at radius 2 is 2.33 bits per heavy atom. The second-order valence-corrected chi connectivity index (χ2v) is 4.88. The Morgan fingerprint density at radius 1 is 1.50 bits per heavy atom.